The van der Waals surface area contributed by atoms with Crippen LogP contribution < -0.4 is 5.73 Å². The molecule has 1 aliphatic heterocycles. The van der Waals surface area contributed by atoms with E-state index in [-0.39, 0.29) is 17.5 Å². The lowest BCUT2D eigenvalue weighted by Crippen LogP contribution is -2.46. The number of amidine groups is 1. The first-order chi connectivity index (χ1) is 14.8. The highest BCUT2D eigenvalue weighted by Crippen LogP contribution is 2.61. The smallest absolute Gasteiger partial charge is 0.417 e. The lowest BCUT2D eigenvalue weighted by molar-refractivity contribution is -0.137. The van der Waals surface area contributed by atoms with Crippen molar-refractivity contribution in [3.05, 3.63) is 53.3 Å². The van der Waals surface area contributed by atoms with E-state index in [9.17, 15) is 13.2 Å². The van der Waals surface area contributed by atoms with Crippen molar-refractivity contribution >= 4 is 6.02 Å². The first kappa shape index (κ1) is 20.3. The fourth-order valence-electron chi connectivity index (χ4n) is 5.66. The van der Waals surface area contributed by atoms with Crippen molar-refractivity contribution in [2.75, 3.05) is 13.7 Å². The molecule has 1 saturated carbocycles. The van der Waals surface area contributed by atoms with E-state index < -0.39 is 17.3 Å². The van der Waals surface area contributed by atoms with E-state index in [1.807, 2.05) is 18.2 Å². The normalized spacial score (nSPS) is 29.8. The summed E-state index contributed by atoms with van der Waals surface area (Å²) in [5.41, 5.74) is 7.73. The maximum atomic E-state index is 13.2. The number of ether oxygens (including phenoxy) is 2. The molecule has 5 nitrogen and oxygen atoms in total. The number of alkyl halides is 3. The van der Waals surface area contributed by atoms with E-state index in [2.05, 4.69) is 4.98 Å². The van der Waals surface area contributed by atoms with Crippen LogP contribution in [0.1, 0.15) is 42.4 Å². The fraction of sp³-hybridized carbons (Fsp3) is 0.478. The molecule has 1 fully saturated rings. The second kappa shape index (κ2) is 6.95. The molecule has 0 radical (unpaired) electrons. The Morgan fingerprint density at radius 1 is 1.13 bits per heavy atom. The van der Waals surface area contributed by atoms with Crippen molar-refractivity contribution in [1.29, 1.82) is 0 Å². The second-order valence-corrected chi connectivity index (χ2v) is 8.82. The van der Waals surface area contributed by atoms with Gasteiger partial charge in [-0.3, -0.25) is 4.98 Å². The lowest BCUT2D eigenvalue weighted by atomic mass is 9.62. The van der Waals surface area contributed by atoms with Gasteiger partial charge in [-0.15, -0.1) is 0 Å². The number of fused-ring (bicyclic) bond motifs is 3. The third-order valence-electron chi connectivity index (χ3n) is 7.31. The molecule has 164 valence electrons. The molecule has 5 rings (SSSR count). The van der Waals surface area contributed by atoms with Gasteiger partial charge in [-0.05, 0) is 60.9 Å². The zero-order chi connectivity index (χ0) is 21.9. The van der Waals surface area contributed by atoms with Crippen molar-refractivity contribution in [3.63, 3.8) is 0 Å². The van der Waals surface area contributed by atoms with Crippen molar-refractivity contribution < 1.29 is 22.6 Å². The molecular weight excluding hydrogens is 407 g/mol. The zero-order valence-corrected chi connectivity index (χ0v) is 17.2. The Morgan fingerprint density at radius 2 is 1.90 bits per heavy atom. The van der Waals surface area contributed by atoms with Crippen molar-refractivity contribution in [1.82, 2.24) is 4.98 Å². The van der Waals surface area contributed by atoms with Crippen LogP contribution in [0.25, 0.3) is 11.1 Å². The third kappa shape index (κ3) is 3.11. The van der Waals surface area contributed by atoms with Crippen molar-refractivity contribution in [2.45, 2.75) is 49.9 Å². The molecule has 2 heterocycles. The molecule has 1 atom stereocenters. The minimum atomic E-state index is -4.44. The van der Waals surface area contributed by atoms with E-state index in [4.69, 9.17) is 20.2 Å². The number of aromatic nitrogens is 1. The number of pyridine rings is 1. The number of halogens is 3. The van der Waals surface area contributed by atoms with Crippen LogP contribution in [0, 0.1) is 5.41 Å². The molecule has 31 heavy (non-hydrogen) atoms. The van der Waals surface area contributed by atoms with Gasteiger partial charge in [0.2, 0.25) is 0 Å². The summed E-state index contributed by atoms with van der Waals surface area (Å²) in [4.78, 5) is 8.63. The molecule has 3 aliphatic rings. The molecule has 2 N–H and O–H groups in total. The van der Waals surface area contributed by atoms with E-state index in [1.54, 1.807) is 7.11 Å². The Hall–Kier alpha value is -2.61. The standard InChI is InChI=1S/C23H24F3N3O2/c1-30-18-4-6-21(7-5-18)10-15-3-2-14(9-19(15)22(21)13-31-20(27)29-22)16-8-17(12-28-11-16)23(24,25)26/h2-3,8-9,11-12,18H,4-7,10,13H2,1H3,(H2,27,29)/t18-,21-,22?. The summed E-state index contributed by atoms with van der Waals surface area (Å²) in [5, 5.41) is 0. The van der Waals surface area contributed by atoms with Crippen LogP contribution >= 0.6 is 0 Å². The predicted octanol–water partition coefficient (Wildman–Crippen LogP) is 4.44. The summed E-state index contributed by atoms with van der Waals surface area (Å²) < 4.78 is 50.8. The first-order valence-electron chi connectivity index (χ1n) is 10.4. The lowest BCUT2D eigenvalue weighted by Gasteiger charge is -2.45. The summed E-state index contributed by atoms with van der Waals surface area (Å²) in [6.45, 7) is 0.355. The van der Waals surface area contributed by atoms with Crippen LogP contribution in [0.4, 0.5) is 13.2 Å². The predicted molar refractivity (Wildman–Crippen MR) is 109 cm³/mol. The summed E-state index contributed by atoms with van der Waals surface area (Å²) in [7, 11) is 1.74. The van der Waals surface area contributed by atoms with Gasteiger partial charge in [0.05, 0.1) is 11.7 Å². The highest BCUT2D eigenvalue weighted by atomic mass is 19.4. The SMILES string of the molecule is CO[C@H]1CC[C@]2(CC1)Cc1ccc(-c3cncc(C(F)(F)F)c3)cc1C21COC(N)=N1. The van der Waals surface area contributed by atoms with E-state index >= 15 is 0 Å². The highest BCUT2D eigenvalue weighted by Gasteiger charge is 2.61. The van der Waals surface area contributed by atoms with E-state index in [1.165, 1.54) is 6.20 Å². The second-order valence-electron chi connectivity index (χ2n) is 8.82. The minimum absolute atomic E-state index is 0.129. The number of rotatable bonds is 2. The van der Waals surface area contributed by atoms with Crippen LogP contribution in [0.15, 0.2) is 41.7 Å². The van der Waals surface area contributed by atoms with Crippen LogP contribution in [-0.2, 0) is 27.6 Å². The molecule has 2 spiro atoms. The highest BCUT2D eigenvalue weighted by molar-refractivity contribution is 5.76. The van der Waals surface area contributed by atoms with E-state index in [0.717, 1.165) is 55.5 Å². The molecule has 2 aromatic rings. The Balaban J connectivity index is 1.59. The summed E-state index contributed by atoms with van der Waals surface area (Å²) >= 11 is 0. The van der Waals surface area contributed by atoms with Gasteiger partial charge in [-0.2, -0.15) is 13.2 Å². The zero-order valence-electron chi connectivity index (χ0n) is 17.2. The van der Waals surface area contributed by atoms with Crippen molar-refractivity contribution in [2.24, 2.45) is 16.1 Å². The topological polar surface area (TPSA) is 69.7 Å². The number of methoxy groups -OCH3 is 1. The summed E-state index contributed by atoms with van der Waals surface area (Å²) in [6, 6.07) is 7.14. The quantitative estimate of drug-likeness (QED) is 0.763. The Bertz CT molecular complexity index is 1040. The number of hydrogen-bond donors (Lipinski definition) is 1. The van der Waals surface area contributed by atoms with Gasteiger partial charge >= 0.3 is 6.18 Å². The van der Waals surface area contributed by atoms with Gasteiger partial charge in [-0.25, -0.2) is 4.99 Å². The molecule has 2 aliphatic carbocycles. The van der Waals surface area contributed by atoms with Crippen LogP contribution in [-0.4, -0.2) is 30.8 Å². The van der Waals surface area contributed by atoms with Gasteiger partial charge in [0.25, 0.3) is 6.02 Å². The fourth-order valence-corrected chi connectivity index (χ4v) is 5.66. The minimum Gasteiger partial charge on any atom is -0.462 e. The molecule has 1 aromatic carbocycles. The Labute approximate surface area is 178 Å². The summed E-state index contributed by atoms with van der Waals surface area (Å²) in [6.07, 6.45) is 2.68. The Morgan fingerprint density at radius 3 is 2.55 bits per heavy atom. The molecular formula is C23H24F3N3O2. The largest absolute Gasteiger partial charge is 0.462 e. The number of nitrogens with two attached hydrogens (primary N) is 1. The van der Waals surface area contributed by atoms with Gasteiger partial charge in [-0.1, -0.05) is 12.1 Å². The van der Waals surface area contributed by atoms with Crippen LogP contribution in [0.2, 0.25) is 0 Å². The Kier molecular flexibility index (Phi) is 4.55. The number of benzene rings is 1. The maximum absolute atomic E-state index is 13.2. The van der Waals surface area contributed by atoms with Crippen LogP contribution in [0.3, 0.4) is 0 Å². The number of hydrogen-bond acceptors (Lipinski definition) is 5. The van der Waals surface area contributed by atoms with Gasteiger partial charge < -0.3 is 15.2 Å². The molecule has 1 aromatic heterocycles. The molecule has 0 saturated heterocycles. The monoisotopic (exact) mass is 431 g/mol. The van der Waals surface area contributed by atoms with E-state index in [0.29, 0.717) is 17.7 Å². The van der Waals surface area contributed by atoms with Gasteiger partial charge in [0.15, 0.2) is 0 Å². The average molecular weight is 431 g/mol. The number of aliphatic imine (C=N–C) groups is 1. The first-order valence-corrected chi connectivity index (χ1v) is 10.4. The van der Waals surface area contributed by atoms with Gasteiger partial charge in [0, 0.05) is 30.5 Å². The third-order valence-corrected chi connectivity index (χ3v) is 7.31. The summed E-state index contributed by atoms with van der Waals surface area (Å²) in [5.74, 6) is 0. The molecule has 8 heteroatoms. The molecule has 0 amide bonds. The average Bonchev–Trinajstić information content (AvgIpc) is 3.27. The van der Waals surface area contributed by atoms with Crippen molar-refractivity contribution in [3.8, 4) is 11.1 Å². The van der Waals surface area contributed by atoms with Gasteiger partial charge in [0.1, 0.15) is 12.1 Å². The van der Waals surface area contributed by atoms with Crippen LogP contribution in [0.5, 0.6) is 0 Å². The maximum Gasteiger partial charge on any atom is 0.417 e. The number of nitrogens with zero attached hydrogens (tertiary/aromatic N) is 2. The molecule has 1 unspecified atom stereocenters. The molecule has 0 bridgehead atoms.